The number of aromatic hydroxyl groups is 1. The van der Waals surface area contributed by atoms with Crippen LogP contribution in [0.3, 0.4) is 0 Å². The summed E-state index contributed by atoms with van der Waals surface area (Å²) < 4.78 is 11.0. The first-order chi connectivity index (χ1) is 25.1. The number of fused-ring (bicyclic) bond motifs is 4. The molecule has 1 aromatic heterocycles. The highest BCUT2D eigenvalue weighted by molar-refractivity contribution is 7.09. The second-order valence-corrected chi connectivity index (χ2v) is 15.3. The molecule has 6 unspecified atom stereocenters. The van der Waals surface area contributed by atoms with Crippen molar-refractivity contribution in [3.63, 3.8) is 0 Å². The molecule has 8 rings (SSSR count). The molecule has 266 valence electrons. The number of carbonyl (C=O) groups is 4. The number of imide groups is 2. The molecule has 2 aliphatic carbocycles. The van der Waals surface area contributed by atoms with Crippen LogP contribution in [0.25, 0.3) is 0 Å². The molecule has 13 heteroatoms. The number of halogens is 2. The third-order valence-electron chi connectivity index (χ3n) is 11.1. The molecule has 4 aromatic rings. The summed E-state index contributed by atoms with van der Waals surface area (Å²) >= 11 is 14.2. The van der Waals surface area contributed by atoms with Crippen molar-refractivity contribution in [1.82, 2.24) is 9.91 Å². The van der Waals surface area contributed by atoms with Gasteiger partial charge in [0.05, 0.1) is 54.6 Å². The average molecular weight is 759 g/mol. The average Bonchev–Trinajstić information content (AvgIpc) is 3.81. The number of phenols is 1. The number of likely N-dealkylation sites (tertiary alicyclic amines) is 1. The van der Waals surface area contributed by atoms with Crippen molar-refractivity contribution < 1.29 is 33.8 Å². The lowest BCUT2D eigenvalue weighted by Gasteiger charge is -2.50. The number of ether oxygens (including phenoxy) is 2. The van der Waals surface area contributed by atoms with Gasteiger partial charge in [-0.25, -0.2) is 0 Å². The minimum Gasteiger partial charge on any atom is -0.504 e. The van der Waals surface area contributed by atoms with E-state index >= 15 is 4.79 Å². The Morgan fingerprint density at radius 1 is 0.923 bits per heavy atom. The highest BCUT2D eigenvalue weighted by atomic mass is 35.5. The molecule has 1 saturated carbocycles. The van der Waals surface area contributed by atoms with Gasteiger partial charge in [-0.15, -0.1) is 11.3 Å². The molecule has 52 heavy (non-hydrogen) atoms. The predicted octanol–water partition coefficient (Wildman–Crippen LogP) is 6.96. The van der Waals surface area contributed by atoms with Crippen molar-refractivity contribution in [2.24, 2.45) is 23.7 Å². The number of methoxy groups -OCH3 is 2. The molecule has 3 fully saturated rings. The van der Waals surface area contributed by atoms with E-state index in [9.17, 15) is 19.5 Å². The van der Waals surface area contributed by atoms with Crippen LogP contribution < -0.4 is 14.9 Å². The molecule has 2 N–H and O–H groups in total. The third-order valence-corrected chi connectivity index (χ3v) is 12.5. The number of benzene rings is 3. The summed E-state index contributed by atoms with van der Waals surface area (Å²) in [7, 11) is 2.97. The summed E-state index contributed by atoms with van der Waals surface area (Å²) in [6, 6.07) is 20.5. The van der Waals surface area contributed by atoms with Crippen molar-refractivity contribution >= 4 is 63.9 Å². The number of allylic oxidation sites excluding steroid dienone is 2. The fraction of sp³-hybridized carbons (Fsp3) is 0.282. The second kappa shape index (κ2) is 13.0. The Balaban J connectivity index is 1.33. The number of para-hydroxylation sites is 1. The maximum Gasteiger partial charge on any atom is 0.260 e. The van der Waals surface area contributed by atoms with Crippen LogP contribution in [0.4, 0.5) is 5.69 Å². The zero-order chi connectivity index (χ0) is 36.5. The van der Waals surface area contributed by atoms with Crippen molar-refractivity contribution in [3.8, 4) is 17.2 Å². The standard InChI is InChI=1S/C39H33Cl2N3O7S/c1-50-22-11-8-20(9-12-22)39-28(36(47)44(38(39)49)42-30-15-10-21(40)17-29(30)41)18-27-24(33(39)26-6-3-7-31(51-2)34(26)45)13-14-25-32(27)37(48)43(35(25)46)19-23-5-4-16-52-23/h3-13,15-17,25,27-28,32-33,42,45H,14,18-19H2,1-2H3. The molecule has 4 aliphatic rings. The van der Waals surface area contributed by atoms with Crippen LogP contribution in [0, 0.1) is 23.7 Å². The quantitative estimate of drug-likeness (QED) is 0.146. The minimum absolute atomic E-state index is 0.100. The number of rotatable bonds is 8. The van der Waals surface area contributed by atoms with E-state index in [2.05, 4.69) is 5.43 Å². The molecule has 3 aromatic carbocycles. The minimum atomic E-state index is -1.61. The van der Waals surface area contributed by atoms with Crippen LogP contribution in [0.2, 0.25) is 10.0 Å². The molecule has 6 atom stereocenters. The maximum absolute atomic E-state index is 15.4. The van der Waals surface area contributed by atoms with E-state index in [1.165, 1.54) is 36.5 Å². The normalized spacial score (nSPS) is 26.5. The van der Waals surface area contributed by atoms with Gasteiger partial charge < -0.3 is 14.6 Å². The molecule has 4 amide bonds. The van der Waals surface area contributed by atoms with Gasteiger partial charge in [-0.2, -0.15) is 5.01 Å². The lowest BCUT2D eigenvalue weighted by molar-refractivity contribution is -0.141. The summed E-state index contributed by atoms with van der Waals surface area (Å²) in [6.07, 6.45) is 2.31. The van der Waals surface area contributed by atoms with Gasteiger partial charge in [0.1, 0.15) is 5.75 Å². The monoisotopic (exact) mass is 757 g/mol. The van der Waals surface area contributed by atoms with Crippen molar-refractivity contribution in [1.29, 1.82) is 0 Å². The molecule has 0 radical (unpaired) electrons. The number of thiophene rings is 1. The molecule has 3 heterocycles. The zero-order valence-corrected chi connectivity index (χ0v) is 30.4. The summed E-state index contributed by atoms with van der Waals surface area (Å²) in [5, 5.41) is 15.3. The van der Waals surface area contributed by atoms with Gasteiger partial charge in [0.25, 0.3) is 11.8 Å². The summed E-state index contributed by atoms with van der Waals surface area (Å²) in [5.74, 6) is -5.06. The number of carbonyl (C=O) groups excluding carboxylic acids is 4. The van der Waals surface area contributed by atoms with Gasteiger partial charge in [-0.05, 0) is 72.2 Å². The topological polar surface area (TPSA) is 125 Å². The van der Waals surface area contributed by atoms with Gasteiger partial charge in [-0.3, -0.25) is 29.5 Å². The molecule has 0 bridgehead atoms. The second-order valence-electron chi connectivity index (χ2n) is 13.5. The molecule has 2 aliphatic heterocycles. The molecule has 10 nitrogen and oxygen atoms in total. The van der Waals surface area contributed by atoms with E-state index in [4.69, 9.17) is 32.7 Å². The van der Waals surface area contributed by atoms with Crippen molar-refractivity contribution in [3.05, 3.63) is 116 Å². The Labute approximate surface area is 313 Å². The van der Waals surface area contributed by atoms with Crippen molar-refractivity contribution in [2.45, 2.75) is 30.7 Å². The number of hydrazine groups is 1. The van der Waals surface area contributed by atoms with Gasteiger partial charge >= 0.3 is 0 Å². The van der Waals surface area contributed by atoms with Gasteiger partial charge in [0, 0.05) is 21.4 Å². The van der Waals surface area contributed by atoms with Gasteiger partial charge in [-0.1, -0.05) is 65.2 Å². The van der Waals surface area contributed by atoms with Gasteiger partial charge in [0.2, 0.25) is 11.8 Å². The Hall–Kier alpha value is -4.84. The molecule has 2 saturated heterocycles. The van der Waals surface area contributed by atoms with Crippen LogP contribution >= 0.6 is 34.5 Å². The number of nitrogens with one attached hydrogen (secondary N) is 1. The van der Waals surface area contributed by atoms with E-state index in [1.54, 1.807) is 54.6 Å². The first kappa shape index (κ1) is 34.3. The fourth-order valence-corrected chi connectivity index (χ4v) is 10.0. The summed E-state index contributed by atoms with van der Waals surface area (Å²) in [6.45, 7) is 0.167. The van der Waals surface area contributed by atoms with Crippen LogP contribution in [0.1, 0.15) is 34.8 Å². The van der Waals surface area contributed by atoms with E-state index < -0.39 is 46.8 Å². The van der Waals surface area contributed by atoms with E-state index in [1.807, 2.05) is 23.6 Å². The summed E-state index contributed by atoms with van der Waals surface area (Å²) in [5.41, 5.74) is 3.24. The van der Waals surface area contributed by atoms with E-state index in [-0.39, 0.29) is 53.4 Å². The van der Waals surface area contributed by atoms with E-state index in [0.717, 1.165) is 9.89 Å². The lowest BCUT2D eigenvalue weighted by Crippen LogP contribution is -2.53. The number of nitrogens with zero attached hydrogens (tertiary/aromatic N) is 2. The lowest BCUT2D eigenvalue weighted by atomic mass is 9.49. The Morgan fingerprint density at radius 3 is 2.40 bits per heavy atom. The van der Waals surface area contributed by atoms with E-state index in [0.29, 0.717) is 27.5 Å². The summed E-state index contributed by atoms with van der Waals surface area (Å²) in [4.78, 5) is 60.7. The molecular formula is C39H33Cl2N3O7S. The predicted molar refractivity (Wildman–Crippen MR) is 195 cm³/mol. The fourth-order valence-electron chi connectivity index (χ4n) is 8.90. The zero-order valence-electron chi connectivity index (χ0n) is 28.0. The first-order valence-electron chi connectivity index (χ1n) is 16.8. The highest BCUT2D eigenvalue weighted by Gasteiger charge is 2.70. The number of hydrogen-bond donors (Lipinski definition) is 2. The number of anilines is 1. The molecular weight excluding hydrogens is 725 g/mol. The molecule has 0 spiro atoms. The third kappa shape index (κ3) is 5.04. The largest absolute Gasteiger partial charge is 0.504 e. The van der Waals surface area contributed by atoms with Crippen LogP contribution in [0.5, 0.6) is 17.2 Å². The Bertz CT molecular complexity index is 2160. The first-order valence-corrected chi connectivity index (χ1v) is 18.4. The van der Waals surface area contributed by atoms with Crippen LogP contribution in [0.15, 0.2) is 89.8 Å². The Morgan fingerprint density at radius 2 is 1.71 bits per heavy atom. The maximum atomic E-state index is 15.4. The van der Waals surface area contributed by atoms with Gasteiger partial charge in [0.15, 0.2) is 11.5 Å². The number of hydrogen-bond acceptors (Lipinski definition) is 9. The van der Waals surface area contributed by atoms with Crippen molar-refractivity contribution in [2.75, 3.05) is 19.6 Å². The number of phenolic OH excluding ortho intramolecular Hbond substituents is 1. The highest BCUT2D eigenvalue weighted by Crippen LogP contribution is 2.65. The van der Waals surface area contributed by atoms with Crippen LogP contribution in [-0.4, -0.2) is 52.9 Å². The SMILES string of the molecule is COc1ccc(C23C(=O)N(Nc4ccc(Cl)cc4Cl)C(=O)C2CC2C(=CCC4C(=O)N(Cc5cccs5)C(=O)C42)C3c2cccc(OC)c2O)cc1. The smallest absolute Gasteiger partial charge is 0.260 e. The number of amides is 4. The Kier molecular flexibility index (Phi) is 8.55. The van der Waals surface area contributed by atoms with Crippen LogP contribution in [-0.2, 0) is 31.1 Å².